The van der Waals surface area contributed by atoms with E-state index in [-0.39, 0.29) is 23.3 Å². The number of halogens is 1. The Balaban J connectivity index is 0.00000176. The molecule has 0 saturated carbocycles. The summed E-state index contributed by atoms with van der Waals surface area (Å²) in [5.41, 5.74) is 6.61. The standard InChI is InChI=1S/C14H16N4O2S.ClH/c15-12-6-7-18(10-12)21(19,20)13-8-16-14(17-9-13)11-4-2-1-3-5-11;/h1-5,8-9,12H,6-7,10,15H2;1H/t12-;/m1./s1. The Kier molecular flexibility index (Phi) is 5.12. The Morgan fingerprint density at radius 2 is 1.77 bits per heavy atom. The summed E-state index contributed by atoms with van der Waals surface area (Å²) >= 11 is 0. The van der Waals surface area contributed by atoms with Gasteiger partial charge in [0.15, 0.2) is 5.82 Å². The summed E-state index contributed by atoms with van der Waals surface area (Å²) in [7, 11) is -3.54. The summed E-state index contributed by atoms with van der Waals surface area (Å²) in [5.74, 6) is 0.507. The second-order valence-electron chi connectivity index (χ2n) is 5.02. The average Bonchev–Trinajstić information content (AvgIpc) is 2.96. The van der Waals surface area contributed by atoms with Crippen LogP contribution in [0.4, 0.5) is 0 Å². The van der Waals surface area contributed by atoms with Crippen LogP contribution >= 0.6 is 12.4 Å². The molecule has 6 nitrogen and oxygen atoms in total. The maximum absolute atomic E-state index is 12.4. The minimum absolute atomic E-state index is 0. The van der Waals surface area contributed by atoms with Gasteiger partial charge < -0.3 is 5.73 Å². The molecule has 1 fully saturated rings. The number of nitrogens with two attached hydrogens (primary N) is 1. The van der Waals surface area contributed by atoms with Crippen molar-refractivity contribution in [3.05, 3.63) is 42.7 Å². The Morgan fingerprint density at radius 1 is 1.14 bits per heavy atom. The van der Waals surface area contributed by atoms with Crippen LogP contribution in [-0.4, -0.2) is 41.8 Å². The first-order chi connectivity index (χ1) is 10.1. The zero-order valence-electron chi connectivity index (χ0n) is 11.8. The lowest BCUT2D eigenvalue weighted by Crippen LogP contribution is -2.32. The Labute approximate surface area is 135 Å². The van der Waals surface area contributed by atoms with Crippen molar-refractivity contribution in [3.8, 4) is 11.4 Å². The molecule has 1 atom stereocenters. The molecule has 2 N–H and O–H groups in total. The van der Waals surface area contributed by atoms with Crippen molar-refractivity contribution in [3.63, 3.8) is 0 Å². The molecule has 22 heavy (non-hydrogen) atoms. The van der Waals surface area contributed by atoms with Gasteiger partial charge in [0.2, 0.25) is 10.0 Å². The highest BCUT2D eigenvalue weighted by Crippen LogP contribution is 2.21. The predicted octanol–water partition coefficient (Wildman–Crippen LogP) is 1.29. The molecule has 0 unspecified atom stereocenters. The third-order valence-electron chi connectivity index (χ3n) is 3.49. The van der Waals surface area contributed by atoms with Crippen molar-refractivity contribution in [2.75, 3.05) is 13.1 Å². The van der Waals surface area contributed by atoms with Crippen LogP contribution in [0.2, 0.25) is 0 Å². The van der Waals surface area contributed by atoms with E-state index >= 15 is 0 Å². The second kappa shape index (κ2) is 6.70. The van der Waals surface area contributed by atoms with Gasteiger partial charge in [-0.1, -0.05) is 30.3 Å². The molecule has 0 radical (unpaired) electrons. The van der Waals surface area contributed by atoms with Crippen molar-refractivity contribution in [2.45, 2.75) is 17.4 Å². The summed E-state index contributed by atoms with van der Waals surface area (Å²) in [6, 6.07) is 9.33. The molecule has 1 aromatic carbocycles. The number of aromatic nitrogens is 2. The maximum Gasteiger partial charge on any atom is 0.246 e. The predicted molar refractivity (Wildman–Crippen MR) is 86.1 cm³/mol. The Bertz CT molecular complexity index is 722. The molecular formula is C14H17ClN4O2S. The molecule has 1 saturated heterocycles. The van der Waals surface area contributed by atoms with Crippen LogP contribution in [0.3, 0.4) is 0 Å². The van der Waals surface area contributed by atoms with E-state index in [1.54, 1.807) is 0 Å². The first kappa shape index (κ1) is 16.8. The van der Waals surface area contributed by atoms with Gasteiger partial charge in [0.25, 0.3) is 0 Å². The Morgan fingerprint density at radius 3 is 2.32 bits per heavy atom. The number of sulfonamides is 1. The SMILES string of the molecule is Cl.N[C@@H]1CCN(S(=O)(=O)c2cnc(-c3ccccc3)nc2)C1. The van der Waals surface area contributed by atoms with Crippen LogP contribution in [0.15, 0.2) is 47.6 Å². The maximum atomic E-state index is 12.4. The average molecular weight is 341 g/mol. The van der Waals surface area contributed by atoms with Crippen molar-refractivity contribution in [1.82, 2.24) is 14.3 Å². The minimum Gasteiger partial charge on any atom is -0.326 e. The lowest BCUT2D eigenvalue weighted by molar-refractivity contribution is 0.472. The molecule has 0 bridgehead atoms. The molecule has 2 aromatic rings. The Hall–Kier alpha value is -1.54. The molecule has 1 aliphatic heterocycles. The van der Waals surface area contributed by atoms with Gasteiger partial charge in [-0.3, -0.25) is 0 Å². The molecule has 8 heteroatoms. The molecular weight excluding hydrogens is 324 g/mol. The lowest BCUT2D eigenvalue weighted by Gasteiger charge is -2.15. The fourth-order valence-corrected chi connectivity index (χ4v) is 3.71. The van der Waals surface area contributed by atoms with E-state index in [0.717, 1.165) is 5.56 Å². The molecule has 3 rings (SSSR count). The summed E-state index contributed by atoms with van der Waals surface area (Å²) < 4.78 is 26.2. The van der Waals surface area contributed by atoms with Crippen LogP contribution in [0.25, 0.3) is 11.4 Å². The number of hydrogen-bond acceptors (Lipinski definition) is 5. The van der Waals surface area contributed by atoms with E-state index in [9.17, 15) is 8.42 Å². The summed E-state index contributed by atoms with van der Waals surface area (Å²) in [5, 5.41) is 0. The van der Waals surface area contributed by atoms with Gasteiger partial charge in [-0.05, 0) is 6.42 Å². The van der Waals surface area contributed by atoms with Gasteiger partial charge in [0, 0.05) is 24.7 Å². The van der Waals surface area contributed by atoms with Crippen molar-refractivity contribution in [1.29, 1.82) is 0 Å². The smallest absolute Gasteiger partial charge is 0.246 e. The van der Waals surface area contributed by atoms with E-state index in [0.29, 0.717) is 25.3 Å². The third kappa shape index (κ3) is 3.27. The fraction of sp³-hybridized carbons (Fsp3) is 0.286. The number of nitrogens with zero attached hydrogens (tertiary/aromatic N) is 3. The molecule has 1 aliphatic rings. The van der Waals surface area contributed by atoms with Gasteiger partial charge in [0.05, 0.1) is 12.4 Å². The van der Waals surface area contributed by atoms with Crippen molar-refractivity contribution >= 4 is 22.4 Å². The first-order valence-corrected chi connectivity index (χ1v) is 8.14. The van der Waals surface area contributed by atoms with Crippen LogP contribution < -0.4 is 5.73 Å². The molecule has 2 heterocycles. The van der Waals surface area contributed by atoms with E-state index < -0.39 is 10.0 Å². The largest absolute Gasteiger partial charge is 0.326 e. The first-order valence-electron chi connectivity index (χ1n) is 6.70. The highest BCUT2D eigenvalue weighted by molar-refractivity contribution is 7.89. The van der Waals surface area contributed by atoms with E-state index in [2.05, 4.69) is 9.97 Å². The lowest BCUT2D eigenvalue weighted by atomic mass is 10.2. The quantitative estimate of drug-likeness (QED) is 0.909. The van der Waals surface area contributed by atoms with Crippen molar-refractivity contribution < 1.29 is 8.42 Å². The van der Waals surface area contributed by atoms with Gasteiger partial charge in [-0.2, -0.15) is 4.31 Å². The fourth-order valence-electron chi connectivity index (χ4n) is 2.31. The van der Waals surface area contributed by atoms with Crippen LogP contribution in [0.5, 0.6) is 0 Å². The zero-order chi connectivity index (χ0) is 14.9. The van der Waals surface area contributed by atoms with E-state index in [4.69, 9.17) is 5.73 Å². The zero-order valence-corrected chi connectivity index (χ0v) is 13.4. The van der Waals surface area contributed by atoms with Crippen LogP contribution in [0.1, 0.15) is 6.42 Å². The highest BCUT2D eigenvalue weighted by atomic mass is 35.5. The molecule has 0 spiro atoms. The van der Waals surface area contributed by atoms with Gasteiger partial charge in [0.1, 0.15) is 4.90 Å². The van der Waals surface area contributed by atoms with Crippen LogP contribution in [0, 0.1) is 0 Å². The number of benzene rings is 1. The third-order valence-corrected chi connectivity index (χ3v) is 5.30. The molecule has 0 aliphatic carbocycles. The van der Waals surface area contributed by atoms with E-state index in [1.807, 2.05) is 30.3 Å². The summed E-state index contributed by atoms with van der Waals surface area (Å²) in [6.07, 6.45) is 3.39. The topological polar surface area (TPSA) is 89.2 Å². The van der Waals surface area contributed by atoms with Crippen LogP contribution in [-0.2, 0) is 10.0 Å². The number of rotatable bonds is 3. The van der Waals surface area contributed by atoms with Gasteiger partial charge in [-0.25, -0.2) is 18.4 Å². The molecule has 1 aromatic heterocycles. The second-order valence-corrected chi connectivity index (χ2v) is 6.96. The molecule has 0 amide bonds. The van der Waals surface area contributed by atoms with Gasteiger partial charge in [-0.15, -0.1) is 12.4 Å². The monoisotopic (exact) mass is 340 g/mol. The highest BCUT2D eigenvalue weighted by Gasteiger charge is 2.31. The summed E-state index contributed by atoms with van der Waals surface area (Å²) in [4.78, 5) is 8.42. The van der Waals surface area contributed by atoms with E-state index in [1.165, 1.54) is 16.7 Å². The van der Waals surface area contributed by atoms with Gasteiger partial charge >= 0.3 is 0 Å². The number of hydrogen-bond donors (Lipinski definition) is 1. The summed E-state index contributed by atoms with van der Waals surface area (Å²) in [6.45, 7) is 0.798. The van der Waals surface area contributed by atoms with Crippen molar-refractivity contribution in [2.24, 2.45) is 5.73 Å². The normalized spacial score (nSPS) is 18.9. The molecule has 118 valence electrons. The minimum atomic E-state index is -3.54.